The molecule has 78 valence electrons. The Balaban J connectivity index is 2.05. The van der Waals surface area contributed by atoms with Gasteiger partial charge in [0.15, 0.2) is 11.5 Å². The molecule has 1 aliphatic carbocycles. The molecule has 0 bridgehead atoms. The van der Waals surface area contributed by atoms with Crippen molar-refractivity contribution in [3.8, 4) is 0 Å². The fraction of sp³-hybridized carbons (Fsp3) is 0.462. The van der Waals surface area contributed by atoms with Gasteiger partial charge in [-0.1, -0.05) is 18.9 Å². The average molecular weight is 201 g/mol. The number of nitrogens with zero attached hydrogens (tertiary/aromatic N) is 1. The summed E-state index contributed by atoms with van der Waals surface area (Å²) in [6, 6.07) is 6.19. The van der Waals surface area contributed by atoms with Gasteiger partial charge in [0, 0.05) is 5.92 Å². The topological polar surface area (TPSA) is 26.0 Å². The van der Waals surface area contributed by atoms with Crippen LogP contribution in [0.4, 0.5) is 0 Å². The highest BCUT2D eigenvalue weighted by atomic mass is 16.3. The van der Waals surface area contributed by atoms with Crippen LogP contribution in [0.5, 0.6) is 0 Å². The van der Waals surface area contributed by atoms with E-state index < -0.39 is 0 Å². The van der Waals surface area contributed by atoms with Crippen LogP contribution in [0.3, 0.4) is 0 Å². The summed E-state index contributed by atoms with van der Waals surface area (Å²) in [6.45, 7) is 2.09. The SMILES string of the molecule is Cc1ccc2oc(C3CCCC3)nc2c1. The number of aromatic nitrogens is 1. The maximum Gasteiger partial charge on any atom is 0.198 e. The molecule has 1 aromatic heterocycles. The van der Waals surface area contributed by atoms with Gasteiger partial charge >= 0.3 is 0 Å². The average Bonchev–Trinajstić information content (AvgIpc) is 2.84. The quantitative estimate of drug-likeness (QED) is 0.701. The Hall–Kier alpha value is -1.31. The summed E-state index contributed by atoms with van der Waals surface area (Å²) in [5.74, 6) is 1.52. The lowest BCUT2D eigenvalue weighted by molar-refractivity contribution is 0.474. The second-order valence-corrected chi connectivity index (χ2v) is 4.50. The van der Waals surface area contributed by atoms with Gasteiger partial charge in [0.1, 0.15) is 5.52 Å². The number of hydrogen-bond donors (Lipinski definition) is 0. The summed E-state index contributed by atoms with van der Waals surface area (Å²) in [6.07, 6.45) is 5.13. The zero-order valence-corrected chi connectivity index (χ0v) is 8.99. The number of rotatable bonds is 1. The first-order valence-corrected chi connectivity index (χ1v) is 5.70. The van der Waals surface area contributed by atoms with E-state index in [2.05, 4.69) is 24.0 Å². The van der Waals surface area contributed by atoms with E-state index in [-0.39, 0.29) is 0 Å². The first-order valence-electron chi connectivity index (χ1n) is 5.70. The molecule has 0 atom stereocenters. The van der Waals surface area contributed by atoms with Crippen molar-refractivity contribution in [2.24, 2.45) is 0 Å². The van der Waals surface area contributed by atoms with Crippen LogP contribution in [-0.4, -0.2) is 4.98 Å². The molecule has 1 saturated carbocycles. The summed E-state index contributed by atoms with van der Waals surface area (Å²) < 4.78 is 5.80. The molecule has 1 heterocycles. The first kappa shape index (κ1) is 8.96. The van der Waals surface area contributed by atoms with Crippen molar-refractivity contribution in [2.75, 3.05) is 0 Å². The van der Waals surface area contributed by atoms with Gasteiger partial charge in [-0.2, -0.15) is 0 Å². The van der Waals surface area contributed by atoms with Crippen molar-refractivity contribution in [1.82, 2.24) is 4.98 Å². The molecule has 3 rings (SSSR count). The zero-order valence-electron chi connectivity index (χ0n) is 8.99. The van der Waals surface area contributed by atoms with Crippen LogP contribution in [0.1, 0.15) is 43.1 Å². The van der Waals surface area contributed by atoms with E-state index in [1.807, 2.05) is 6.07 Å². The number of aryl methyl sites for hydroxylation is 1. The lowest BCUT2D eigenvalue weighted by atomic mass is 10.1. The predicted octanol–water partition coefficient (Wildman–Crippen LogP) is 3.79. The van der Waals surface area contributed by atoms with Gasteiger partial charge in [-0.05, 0) is 37.5 Å². The summed E-state index contributed by atoms with van der Waals surface area (Å²) in [5, 5.41) is 0. The Morgan fingerprint density at radius 1 is 1.27 bits per heavy atom. The second kappa shape index (κ2) is 3.37. The van der Waals surface area contributed by atoms with Crippen LogP contribution in [0, 0.1) is 6.92 Å². The lowest BCUT2D eigenvalue weighted by Crippen LogP contribution is -1.90. The van der Waals surface area contributed by atoms with Crippen LogP contribution in [0.15, 0.2) is 22.6 Å². The Morgan fingerprint density at radius 3 is 2.87 bits per heavy atom. The molecule has 1 aliphatic rings. The Morgan fingerprint density at radius 2 is 2.07 bits per heavy atom. The fourth-order valence-electron chi connectivity index (χ4n) is 2.40. The minimum Gasteiger partial charge on any atom is -0.440 e. The van der Waals surface area contributed by atoms with Crippen LogP contribution in [-0.2, 0) is 0 Å². The number of benzene rings is 1. The third kappa shape index (κ3) is 1.54. The van der Waals surface area contributed by atoms with Crippen LogP contribution < -0.4 is 0 Å². The molecule has 0 spiro atoms. The maximum absolute atomic E-state index is 5.80. The summed E-state index contributed by atoms with van der Waals surface area (Å²) >= 11 is 0. The minimum atomic E-state index is 0.567. The van der Waals surface area contributed by atoms with E-state index in [1.165, 1.54) is 31.2 Å². The Kier molecular flexibility index (Phi) is 2.01. The van der Waals surface area contributed by atoms with Gasteiger partial charge in [0.25, 0.3) is 0 Å². The van der Waals surface area contributed by atoms with Gasteiger partial charge in [-0.25, -0.2) is 4.98 Å². The van der Waals surface area contributed by atoms with E-state index in [1.54, 1.807) is 0 Å². The van der Waals surface area contributed by atoms with E-state index >= 15 is 0 Å². The summed E-state index contributed by atoms with van der Waals surface area (Å²) in [4.78, 5) is 4.59. The van der Waals surface area contributed by atoms with Gasteiger partial charge < -0.3 is 4.42 Å². The number of oxazole rings is 1. The molecule has 2 nitrogen and oxygen atoms in total. The monoisotopic (exact) mass is 201 g/mol. The second-order valence-electron chi connectivity index (χ2n) is 4.50. The molecule has 0 N–H and O–H groups in total. The van der Waals surface area contributed by atoms with Gasteiger partial charge in [-0.3, -0.25) is 0 Å². The number of fused-ring (bicyclic) bond motifs is 1. The Bertz CT molecular complexity index is 480. The molecular weight excluding hydrogens is 186 g/mol. The lowest BCUT2D eigenvalue weighted by Gasteiger charge is -2.00. The molecule has 0 unspecified atom stereocenters. The van der Waals surface area contributed by atoms with Gasteiger partial charge in [0.05, 0.1) is 0 Å². The molecule has 0 aliphatic heterocycles. The van der Waals surface area contributed by atoms with E-state index in [0.29, 0.717) is 5.92 Å². The molecule has 1 fully saturated rings. The maximum atomic E-state index is 5.80. The molecule has 2 heteroatoms. The highest BCUT2D eigenvalue weighted by molar-refractivity contribution is 5.73. The zero-order chi connectivity index (χ0) is 10.3. The highest BCUT2D eigenvalue weighted by Gasteiger charge is 2.22. The van der Waals surface area contributed by atoms with E-state index in [4.69, 9.17) is 4.42 Å². The van der Waals surface area contributed by atoms with Gasteiger partial charge in [-0.15, -0.1) is 0 Å². The molecular formula is C13H15NO. The van der Waals surface area contributed by atoms with Crippen molar-refractivity contribution in [3.05, 3.63) is 29.7 Å². The number of hydrogen-bond acceptors (Lipinski definition) is 2. The largest absolute Gasteiger partial charge is 0.440 e. The molecule has 1 aromatic carbocycles. The standard InChI is InChI=1S/C13H15NO/c1-9-6-7-12-11(8-9)14-13(15-12)10-4-2-3-5-10/h6-8,10H,2-5H2,1H3. The first-order chi connectivity index (χ1) is 7.33. The van der Waals surface area contributed by atoms with Crippen molar-refractivity contribution in [2.45, 2.75) is 38.5 Å². The highest BCUT2D eigenvalue weighted by Crippen LogP contribution is 2.34. The third-order valence-corrected chi connectivity index (χ3v) is 3.26. The van der Waals surface area contributed by atoms with Crippen molar-refractivity contribution < 1.29 is 4.42 Å². The Labute approximate surface area is 89.3 Å². The van der Waals surface area contributed by atoms with Crippen LogP contribution in [0.25, 0.3) is 11.1 Å². The summed E-state index contributed by atoms with van der Waals surface area (Å²) in [5.41, 5.74) is 3.19. The van der Waals surface area contributed by atoms with E-state index in [9.17, 15) is 0 Å². The van der Waals surface area contributed by atoms with Crippen LogP contribution in [0.2, 0.25) is 0 Å². The predicted molar refractivity (Wildman–Crippen MR) is 60.0 cm³/mol. The molecule has 0 radical (unpaired) electrons. The molecule has 2 aromatic rings. The smallest absolute Gasteiger partial charge is 0.198 e. The van der Waals surface area contributed by atoms with E-state index in [0.717, 1.165) is 17.0 Å². The molecule has 0 amide bonds. The third-order valence-electron chi connectivity index (χ3n) is 3.26. The van der Waals surface area contributed by atoms with Gasteiger partial charge in [0.2, 0.25) is 0 Å². The van der Waals surface area contributed by atoms with Crippen molar-refractivity contribution in [3.63, 3.8) is 0 Å². The summed E-state index contributed by atoms with van der Waals surface area (Å²) in [7, 11) is 0. The van der Waals surface area contributed by atoms with Crippen LogP contribution >= 0.6 is 0 Å². The fourth-order valence-corrected chi connectivity index (χ4v) is 2.40. The normalized spacial score (nSPS) is 17.7. The minimum absolute atomic E-state index is 0.567. The molecule has 15 heavy (non-hydrogen) atoms. The van der Waals surface area contributed by atoms with Crippen molar-refractivity contribution >= 4 is 11.1 Å². The van der Waals surface area contributed by atoms with Crippen molar-refractivity contribution in [1.29, 1.82) is 0 Å². The molecule has 0 saturated heterocycles.